The maximum Gasteiger partial charge on any atom is 0.113 e. The fraction of sp³-hybridized carbons (Fsp3) is 0.100. The van der Waals surface area contributed by atoms with Gasteiger partial charge in [0.15, 0.2) is 0 Å². The normalized spacial score (nSPS) is 19.8. The number of fused-ring (bicyclic) bond motifs is 3. The second kappa shape index (κ2) is 5.74. The highest BCUT2D eigenvalue weighted by Crippen LogP contribution is 2.42. The van der Waals surface area contributed by atoms with Crippen molar-refractivity contribution in [1.82, 2.24) is 5.32 Å². The Morgan fingerprint density at radius 1 is 0.750 bits per heavy atom. The Balaban J connectivity index is 1.72. The molecule has 0 aliphatic carbocycles. The topological polar surface area (TPSA) is 24.1 Å². The zero-order valence-electron chi connectivity index (χ0n) is 12.9. The summed E-state index contributed by atoms with van der Waals surface area (Å²) in [7, 11) is 0. The van der Waals surface area contributed by atoms with Gasteiger partial charge in [-0.1, -0.05) is 42.5 Å². The molecule has 0 saturated heterocycles. The SMILES string of the molecule is c1csc(C2Nc3ccc4ccccc4c3C(c3cccs3)N2)c1. The number of thiophene rings is 2. The van der Waals surface area contributed by atoms with Gasteiger partial charge in [0.2, 0.25) is 0 Å². The maximum absolute atomic E-state index is 3.82. The van der Waals surface area contributed by atoms with Crippen molar-refractivity contribution < 1.29 is 0 Å². The summed E-state index contributed by atoms with van der Waals surface area (Å²) in [6.45, 7) is 0. The lowest BCUT2D eigenvalue weighted by molar-refractivity contribution is 0.520. The van der Waals surface area contributed by atoms with Crippen LogP contribution in [0.5, 0.6) is 0 Å². The molecule has 1 aliphatic heterocycles. The number of nitrogens with one attached hydrogen (secondary N) is 2. The van der Waals surface area contributed by atoms with Crippen LogP contribution in [-0.4, -0.2) is 0 Å². The Morgan fingerprint density at radius 3 is 2.33 bits per heavy atom. The summed E-state index contributed by atoms with van der Waals surface area (Å²) < 4.78 is 0. The first-order valence-corrected chi connectivity index (χ1v) is 9.77. The summed E-state index contributed by atoms with van der Waals surface area (Å²) in [6.07, 6.45) is 0.144. The molecule has 3 heterocycles. The molecule has 0 amide bonds. The molecule has 2 aromatic heterocycles. The van der Waals surface area contributed by atoms with Crippen molar-refractivity contribution in [1.29, 1.82) is 0 Å². The van der Waals surface area contributed by atoms with Gasteiger partial charge < -0.3 is 5.32 Å². The lowest BCUT2D eigenvalue weighted by Crippen LogP contribution is -2.36. The molecule has 2 N–H and O–H groups in total. The van der Waals surface area contributed by atoms with Crippen molar-refractivity contribution >= 4 is 39.1 Å². The molecule has 2 aromatic carbocycles. The largest absolute Gasteiger partial charge is 0.365 e. The Hall–Kier alpha value is -2.14. The highest BCUT2D eigenvalue weighted by molar-refractivity contribution is 7.10. The Kier molecular flexibility index (Phi) is 3.40. The van der Waals surface area contributed by atoms with Crippen LogP contribution in [0.2, 0.25) is 0 Å². The summed E-state index contributed by atoms with van der Waals surface area (Å²) >= 11 is 3.60. The Bertz CT molecular complexity index is 974. The molecule has 5 rings (SSSR count). The minimum absolute atomic E-state index is 0.144. The van der Waals surface area contributed by atoms with Gasteiger partial charge in [-0.05, 0) is 39.7 Å². The predicted molar refractivity (Wildman–Crippen MR) is 104 cm³/mol. The van der Waals surface area contributed by atoms with E-state index in [0.717, 1.165) is 0 Å². The summed E-state index contributed by atoms with van der Waals surface area (Å²) in [6, 6.07) is 21.9. The van der Waals surface area contributed by atoms with Gasteiger partial charge in [-0.25, -0.2) is 0 Å². The molecule has 0 saturated carbocycles. The number of hydrogen-bond acceptors (Lipinski definition) is 4. The predicted octanol–water partition coefficient (Wildman–Crippen LogP) is 5.77. The second-order valence-corrected chi connectivity index (χ2v) is 7.91. The second-order valence-electron chi connectivity index (χ2n) is 5.96. The van der Waals surface area contributed by atoms with Crippen LogP contribution in [0.15, 0.2) is 71.4 Å². The van der Waals surface area contributed by atoms with Crippen LogP contribution < -0.4 is 10.6 Å². The van der Waals surface area contributed by atoms with E-state index in [2.05, 4.69) is 82.1 Å². The van der Waals surface area contributed by atoms with Gasteiger partial charge in [0.1, 0.15) is 6.17 Å². The standard InChI is InChI=1S/C20H16N2S2/c1-2-6-14-13(5-1)9-10-15-18(14)19(16-7-3-11-23-16)22-20(21-15)17-8-4-12-24-17/h1-12,19-22H. The molecule has 118 valence electrons. The fourth-order valence-electron chi connectivity index (χ4n) is 3.47. The molecule has 1 aliphatic rings. The summed E-state index contributed by atoms with van der Waals surface area (Å²) in [5.41, 5.74) is 2.58. The van der Waals surface area contributed by atoms with E-state index in [1.54, 1.807) is 11.3 Å². The minimum Gasteiger partial charge on any atom is -0.365 e. The summed E-state index contributed by atoms with van der Waals surface area (Å²) in [4.78, 5) is 2.67. The van der Waals surface area contributed by atoms with E-state index in [1.165, 1.54) is 31.8 Å². The number of rotatable bonds is 2. The minimum atomic E-state index is 0.144. The van der Waals surface area contributed by atoms with E-state index < -0.39 is 0 Å². The van der Waals surface area contributed by atoms with Crippen molar-refractivity contribution in [3.63, 3.8) is 0 Å². The van der Waals surface area contributed by atoms with Crippen LogP contribution in [-0.2, 0) is 0 Å². The van der Waals surface area contributed by atoms with Gasteiger partial charge in [-0.3, -0.25) is 5.32 Å². The molecule has 0 fully saturated rings. The van der Waals surface area contributed by atoms with E-state index in [-0.39, 0.29) is 12.2 Å². The zero-order chi connectivity index (χ0) is 15.9. The Labute approximate surface area is 148 Å². The van der Waals surface area contributed by atoms with E-state index in [4.69, 9.17) is 0 Å². The summed E-state index contributed by atoms with van der Waals surface area (Å²) in [5.74, 6) is 0. The number of benzene rings is 2. The molecule has 24 heavy (non-hydrogen) atoms. The van der Waals surface area contributed by atoms with E-state index in [1.807, 2.05) is 11.3 Å². The molecule has 4 heteroatoms. The average molecular weight is 348 g/mol. The molecule has 0 bridgehead atoms. The van der Waals surface area contributed by atoms with E-state index in [0.29, 0.717) is 0 Å². The lowest BCUT2D eigenvalue weighted by atomic mass is 9.93. The zero-order valence-corrected chi connectivity index (χ0v) is 14.5. The maximum atomic E-state index is 3.82. The monoisotopic (exact) mass is 348 g/mol. The molecule has 2 unspecified atom stereocenters. The third-order valence-electron chi connectivity index (χ3n) is 4.55. The van der Waals surface area contributed by atoms with Crippen LogP contribution in [0.3, 0.4) is 0 Å². The first kappa shape index (κ1) is 14.2. The molecule has 0 radical (unpaired) electrons. The smallest absolute Gasteiger partial charge is 0.113 e. The van der Waals surface area contributed by atoms with Gasteiger partial charge in [-0.2, -0.15) is 0 Å². The Morgan fingerprint density at radius 2 is 1.54 bits per heavy atom. The van der Waals surface area contributed by atoms with Gasteiger partial charge in [-0.15, -0.1) is 22.7 Å². The lowest BCUT2D eigenvalue weighted by Gasteiger charge is -2.35. The quantitative estimate of drug-likeness (QED) is 0.481. The van der Waals surface area contributed by atoms with Crippen LogP contribution in [0.1, 0.15) is 27.5 Å². The van der Waals surface area contributed by atoms with Gasteiger partial charge in [0.25, 0.3) is 0 Å². The van der Waals surface area contributed by atoms with Crippen LogP contribution in [0.4, 0.5) is 5.69 Å². The van der Waals surface area contributed by atoms with Crippen LogP contribution in [0.25, 0.3) is 10.8 Å². The molecule has 2 atom stereocenters. The number of hydrogen-bond donors (Lipinski definition) is 2. The molecule has 2 nitrogen and oxygen atoms in total. The van der Waals surface area contributed by atoms with Crippen molar-refractivity contribution in [3.8, 4) is 0 Å². The third-order valence-corrected chi connectivity index (χ3v) is 6.42. The van der Waals surface area contributed by atoms with Crippen molar-refractivity contribution in [2.75, 3.05) is 5.32 Å². The molecular formula is C20H16N2S2. The van der Waals surface area contributed by atoms with Crippen molar-refractivity contribution in [2.24, 2.45) is 0 Å². The summed E-state index contributed by atoms with van der Waals surface area (Å²) in [5, 5.41) is 14.4. The first-order valence-electron chi connectivity index (χ1n) is 8.01. The molecule has 4 aromatic rings. The van der Waals surface area contributed by atoms with Crippen LogP contribution >= 0.6 is 22.7 Å². The highest BCUT2D eigenvalue weighted by atomic mass is 32.1. The first-order chi connectivity index (χ1) is 11.9. The van der Waals surface area contributed by atoms with Gasteiger partial charge in [0, 0.05) is 21.0 Å². The van der Waals surface area contributed by atoms with Crippen molar-refractivity contribution in [3.05, 3.63) is 86.7 Å². The average Bonchev–Trinajstić information content (AvgIpc) is 3.34. The highest BCUT2D eigenvalue weighted by Gasteiger charge is 2.30. The van der Waals surface area contributed by atoms with E-state index in [9.17, 15) is 0 Å². The van der Waals surface area contributed by atoms with Crippen molar-refractivity contribution in [2.45, 2.75) is 12.2 Å². The third kappa shape index (κ3) is 2.26. The fourth-order valence-corrected chi connectivity index (χ4v) is 5.00. The molecular weight excluding hydrogens is 332 g/mol. The van der Waals surface area contributed by atoms with E-state index >= 15 is 0 Å². The molecule has 0 spiro atoms. The van der Waals surface area contributed by atoms with Crippen LogP contribution in [0, 0.1) is 0 Å². The van der Waals surface area contributed by atoms with Gasteiger partial charge in [0.05, 0.1) is 6.04 Å². The van der Waals surface area contributed by atoms with Gasteiger partial charge >= 0.3 is 0 Å². The number of anilines is 1.